The van der Waals surface area contributed by atoms with Gasteiger partial charge in [-0.15, -0.1) is 0 Å². The molecule has 0 N–H and O–H groups in total. The van der Waals surface area contributed by atoms with Gasteiger partial charge in [-0.25, -0.2) is 4.39 Å². The maximum Gasteiger partial charge on any atom is 0.257 e. The zero-order valence-electron chi connectivity index (χ0n) is 11.9. The van der Waals surface area contributed by atoms with Gasteiger partial charge in [0.15, 0.2) is 11.6 Å². The van der Waals surface area contributed by atoms with Crippen LogP contribution in [-0.4, -0.2) is 44.2 Å². The van der Waals surface area contributed by atoms with Crippen molar-refractivity contribution in [1.29, 1.82) is 0 Å². The van der Waals surface area contributed by atoms with Crippen LogP contribution in [0.4, 0.5) is 4.39 Å². The van der Waals surface area contributed by atoms with Gasteiger partial charge in [0.2, 0.25) is 0 Å². The Morgan fingerprint density at radius 3 is 2.95 bits per heavy atom. The molecule has 20 heavy (non-hydrogen) atoms. The summed E-state index contributed by atoms with van der Waals surface area (Å²) in [4.78, 5) is 13.9. The smallest absolute Gasteiger partial charge is 0.257 e. The third-order valence-electron chi connectivity index (χ3n) is 3.50. The highest BCUT2D eigenvalue weighted by atomic mass is 19.1. The van der Waals surface area contributed by atoms with Crippen LogP contribution in [0.1, 0.15) is 29.6 Å². The average Bonchev–Trinajstić information content (AvgIpc) is 2.47. The Labute approximate surface area is 118 Å². The Hall–Kier alpha value is -1.62. The topological polar surface area (TPSA) is 38.8 Å². The van der Waals surface area contributed by atoms with Gasteiger partial charge in [0.05, 0.1) is 18.8 Å². The highest BCUT2D eigenvalue weighted by molar-refractivity contribution is 5.96. The second kappa shape index (κ2) is 6.70. The van der Waals surface area contributed by atoms with Crippen LogP contribution < -0.4 is 4.74 Å². The van der Waals surface area contributed by atoms with Gasteiger partial charge in [-0.1, -0.05) is 6.07 Å². The molecular formula is C15H20FNO3. The van der Waals surface area contributed by atoms with Crippen LogP contribution in [0.15, 0.2) is 18.2 Å². The number of ether oxygens (including phenoxy) is 2. The van der Waals surface area contributed by atoms with Gasteiger partial charge < -0.3 is 14.4 Å². The summed E-state index contributed by atoms with van der Waals surface area (Å²) < 4.78 is 24.2. The first-order chi connectivity index (χ1) is 9.63. The van der Waals surface area contributed by atoms with E-state index in [1.165, 1.54) is 19.2 Å². The van der Waals surface area contributed by atoms with Gasteiger partial charge in [-0.3, -0.25) is 4.79 Å². The summed E-state index contributed by atoms with van der Waals surface area (Å²) >= 11 is 0. The zero-order chi connectivity index (χ0) is 14.5. The third-order valence-corrected chi connectivity index (χ3v) is 3.50. The number of hydrogen-bond acceptors (Lipinski definition) is 3. The number of carbonyl (C=O) groups is 1. The first kappa shape index (κ1) is 14.8. The Morgan fingerprint density at radius 2 is 2.30 bits per heavy atom. The van der Waals surface area contributed by atoms with Crippen LogP contribution in [-0.2, 0) is 4.74 Å². The maximum atomic E-state index is 13.6. The van der Waals surface area contributed by atoms with Crippen molar-refractivity contribution < 1.29 is 18.7 Å². The van der Waals surface area contributed by atoms with Crippen LogP contribution in [0.5, 0.6) is 5.75 Å². The highest BCUT2D eigenvalue weighted by Gasteiger charge is 2.23. The standard InChI is InChI=1S/C15H20FNO3/c1-17(10-11-6-3-4-9-20-11)15(18)12-7-5-8-13(16)14(12)19-2/h5,7-8,11H,3-4,6,9-10H2,1-2H3/t11-/m0/s1. The third kappa shape index (κ3) is 3.28. The molecule has 1 aromatic carbocycles. The lowest BCUT2D eigenvalue weighted by atomic mass is 10.1. The molecule has 1 saturated heterocycles. The van der Waals surface area contributed by atoms with Crippen molar-refractivity contribution in [3.63, 3.8) is 0 Å². The molecule has 0 saturated carbocycles. The van der Waals surface area contributed by atoms with E-state index in [2.05, 4.69) is 0 Å². The number of amides is 1. The number of likely N-dealkylation sites (N-methyl/N-ethyl adjacent to an activating group) is 1. The molecule has 0 unspecified atom stereocenters. The molecule has 1 fully saturated rings. The van der Waals surface area contributed by atoms with Crippen LogP contribution in [0.2, 0.25) is 0 Å². The van der Waals surface area contributed by atoms with Crippen molar-refractivity contribution in [3.8, 4) is 5.75 Å². The van der Waals surface area contributed by atoms with E-state index < -0.39 is 5.82 Å². The SMILES string of the molecule is COc1c(F)cccc1C(=O)N(C)C[C@@H]1CCCCO1. The lowest BCUT2D eigenvalue weighted by molar-refractivity contribution is -0.000250. The lowest BCUT2D eigenvalue weighted by Gasteiger charge is -2.27. The molecule has 0 bridgehead atoms. The van der Waals surface area contributed by atoms with E-state index in [1.54, 1.807) is 18.0 Å². The van der Waals surface area contributed by atoms with Gasteiger partial charge in [0.25, 0.3) is 5.91 Å². The molecule has 0 aromatic heterocycles. The minimum atomic E-state index is -0.527. The highest BCUT2D eigenvalue weighted by Crippen LogP contribution is 2.24. The first-order valence-electron chi connectivity index (χ1n) is 6.83. The molecule has 1 heterocycles. The molecule has 0 radical (unpaired) electrons. The summed E-state index contributed by atoms with van der Waals surface area (Å²) in [7, 11) is 3.06. The predicted octanol–water partition coefficient (Wildman–Crippen LogP) is 2.48. The normalized spacial score (nSPS) is 18.6. The van der Waals surface area contributed by atoms with E-state index in [0.29, 0.717) is 6.54 Å². The van der Waals surface area contributed by atoms with Crippen LogP contribution in [0, 0.1) is 5.82 Å². The number of hydrogen-bond donors (Lipinski definition) is 0. The van der Waals surface area contributed by atoms with Crippen LogP contribution in [0.3, 0.4) is 0 Å². The fourth-order valence-corrected chi connectivity index (χ4v) is 2.43. The van der Waals surface area contributed by atoms with Gasteiger partial charge in [0.1, 0.15) is 0 Å². The monoisotopic (exact) mass is 281 g/mol. The first-order valence-corrected chi connectivity index (χ1v) is 6.83. The van der Waals surface area contributed by atoms with Gasteiger partial charge in [-0.2, -0.15) is 0 Å². The number of nitrogens with zero attached hydrogens (tertiary/aromatic N) is 1. The number of benzene rings is 1. The predicted molar refractivity (Wildman–Crippen MR) is 73.5 cm³/mol. The molecule has 1 aliphatic heterocycles. The molecule has 1 atom stereocenters. The maximum absolute atomic E-state index is 13.6. The Bertz CT molecular complexity index is 472. The number of para-hydroxylation sites is 1. The number of methoxy groups -OCH3 is 1. The summed E-state index contributed by atoms with van der Waals surface area (Å²) in [6.07, 6.45) is 3.22. The fourth-order valence-electron chi connectivity index (χ4n) is 2.43. The minimum absolute atomic E-state index is 0.00564. The lowest BCUT2D eigenvalue weighted by Crippen LogP contribution is -2.37. The summed E-state index contributed by atoms with van der Waals surface area (Å²) in [5, 5.41) is 0. The molecule has 4 nitrogen and oxygen atoms in total. The molecule has 5 heteroatoms. The molecule has 0 aliphatic carbocycles. The Balaban J connectivity index is 2.08. The number of halogens is 1. The quantitative estimate of drug-likeness (QED) is 0.851. The van der Waals surface area contributed by atoms with Crippen molar-refractivity contribution in [2.24, 2.45) is 0 Å². The number of rotatable bonds is 4. The summed E-state index contributed by atoms with van der Waals surface area (Å²) in [6.45, 7) is 1.26. The van der Waals surface area contributed by atoms with Crippen molar-refractivity contribution in [3.05, 3.63) is 29.6 Å². The van der Waals surface area contributed by atoms with Crippen molar-refractivity contribution >= 4 is 5.91 Å². The Kier molecular flexibility index (Phi) is 4.95. The number of carbonyl (C=O) groups excluding carboxylic acids is 1. The van der Waals surface area contributed by atoms with Crippen LogP contribution >= 0.6 is 0 Å². The van der Waals surface area contributed by atoms with Crippen molar-refractivity contribution in [2.45, 2.75) is 25.4 Å². The van der Waals surface area contributed by atoms with Crippen LogP contribution in [0.25, 0.3) is 0 Å². The van der Waals surface area contributed by atoms with Crippen molar-refractivity contribution in [1.82, 2.24) is 4.90 Å². The van der Waals surface area contributed by atoms with E-state index in [4.69, 9.17) is 9.47 Å². The second-order valence-corrected chi connectivity index (χ2v) is 4.99. The van der Waals surface area contributed by atoms with E-state index in [9.17, 15) is 9.18 Å². The minimum Gasteiger partial charge on any atom is -0.493 e. The second-order valence-electron chi connectivity index (χ2n) is 4.99. The average molecular weight is 281 g/mol. The van der Waals surface area contributed by atoms with Gasteiger partial charge in [0, 0.05) is 20.2 Å². The molecule has 1 aliphatic rings. The largest absolute Gasteiger partial charge is 0.493 e. The molecule has 0 spiro atoms. The molecule has 2 rings (SSSR count). The zero-order valence-corrected chi connectivity index (χ0v) is 11.9. The van der Waals surface area contributed by atoms with E-state index >= 15 is 0 Å². The fraction of sp³-hybridized carbons (Fsp3) is 0.533. The molecule has 110 valence electrons. The summed E-state index contributed by atoms with van der Waals surface area (Å²) in [6, 6.07) is 4.36. The Morgan fingerprint density at radius 1 is 1.50 bits per heavy atom. The van der Waals surface area contributed by atoms with Gasteiger partial charge in [-0.05, 0) is 31.4 Å². The van der Waals surface area contributed by atoms with E-state index in [-0.39, 0.29) is 23.3 Å². The van der Waals surface area contributed by atoms with Crippen molar-refractivity contribution in [2.75, 3.05) is 27.3 Å². The molecular weight excluding hydrogens is 261 g/mol. The summed E-state index contributed by atoms with van der Waals surface area (Å²) in [5.74, 6) is -0.787. The van der Waals surface area contributed by atoms with E-state index in [1.807, 2.05) is 0 Å². The molecule has 1 aromatic rings. The van der Waals surface area contributed by atoms with E-state index in [0.717, 1.165) is 25.9 Å². The van der Waals surface area contributed by atoms with Gasteiger partial charge >= 0.3 is 0 Å². The molecule has 1 amide bonds. The summed E-state index contributed by atoms with van der Waals surface area (Å²) in [5.41, 5.74) is 0.241.